The zero-order chi connectivity index (χ0) is 15.5. The van der Waals surface area contributed by atoms with Gasteiger partial charge in [0.15, 0.2) is 5.03 Å². The Bertz CT molecular complexity index is 703. The molecule has 0 aliphatic heterocycles. The number of sulfonamides is 1. The van der Waals surface area contributed by atoms with Crippen LogP contribution in [-0.2, 0) is 29.4 Å². The average Bonchev–Trinajstić information content (AvgIpc) is 2.83. The van der Waals surface area contributed by atoms with Crippen LogP contribution in [0.1, 0.15) is 37.2 Å². The summed E-state index contributed by atoms with van der Waals surface area (Å²) in [6.07, 6.45) is 4.15. The lowest BCUT2D eigenvalue weighted by atomic mass is 10.1. The van der Waals surface area contributed by atoms with Crippen molar-refractivity contribution in [2.24, 2.45) is 5.14 Å². The van der Waals surface area contributed by atoms with Crippen molar-refractivity contribution < 1.29 is 8.42 Å². The van der Waals surface area contributed by atoms with Gasteiger partial charge in [0.2, 0.25) is 0 Å². The number of rotatable bonds is 6. The van der Waals surface area contributed by atoms with Gasteiger partial charge in [0.05, 0.1) is 0 Å². The molecule has 1 aromatic heterocycles. The van der Waals surface area contributed by atoms with Crippen LogP contribution < -0.4 is 5.14 Å². The fraction of sp³-hybridized carbons (Fsp3) is 0.400. The number of benzene rings is 1. The van der Waals surface area contributed by atoms with Gasteiger partial charge in [0.25, 0.3) is 10.0 Å². The largest absolute Gasteiger partial charge is 0.329 e. The maximum atomic E-state index is 11.4. The minimum atomic E-state index is -3.76. The Morgan fingerprint density at radius 3 is 2.29 bits per heavy atom. The highest BCUT2D eigenvalue weighted by atomic mass is 32.2. The van der Waals surface area contributed by atoms with Crippen molar-refractivity contribution in [2.45, 2.75) is 44.7 Å². The van der Waals surface area contributed by atoms with Crippen LogP contribution in [0.4, 0.5) is 0 Å². The normalized spacial score (nSPS) is 11.8. The molecule has 21 heavy (non-hydrogen) atoms. The summed E-state index contributed by atoms with van der Waals surface area (Å²) in [4.78, 5) is 4.15. The third kappa shape index (κ3) is 3.92. The number of aromatic nitrogens is 2. The van der Waals surface area contributed by atoms with Crippen LogP contribution in [-0.4, -0.2) is 18.0 Å². The Balaban J connectivity index is 2.30. The second kappa shape index (κ2) is 6.41. The number of imidazole rings is 1. The van der Waals surface area contributed by atoms with Crippen molar-refractivity contribution in [3.05, 3.63) is 47.4 Å². The van der Waals surface area contributed by atoms with E-state index in [-0.39, 0.29) is 5.03 Å². The van der Waals surface area contributed by atoms with E-state index < -0.39 is 10.0 Å². The van der Waals surface area contributed by atoms with E-state index in [9.17, 15) is 8.42 Å². The molecule has 2 rings (SSSR count). The summed E-state index contributed by atoms with van der Waals surface area (Å²) < 4.78 is 24.7. The van der Waals surface area contributed by atoms with Gasteiger partial charge < -0.3 is 4.57 Å². The minimum absolute atomic E-state index is 0.0591. The third-order valence-corrected chi connectivity index (χ3v) is 4.17. The van der Waals surface area contributed by atoms with Gasteiger partial charge in [-0.1, -0.05) is 38.1 Å². The summed E-state index contributed by atoms with van der Waals surface area (Å²) in [5.74, 6) is 0.751. The van der Waals surface area contributed by atoms with Gasteiger partial charge in [-0.2, -0.15) is 0 Å². The van der Waals surface area contributed by atoms with Gasteiger partial charge in [0, 0.05) is 19.2 Å². The Hall–Kier alpha value is -1.66. The number of nitrogens with two attached hydrogens (primary N) is 1. The summed E-state index contributed by atoms with van der Waals surface area (Å²) in [6, 6.07) is 8.30. The number of primary sulfonamides is 1. The molecule has 1 heterocycles. The quantitative estimate of drug-likeness (QED) is 0.887. The molecule has 114 valence electrons. The highest BCUT2D eigenvalue weighted by molar-refractivity contribution is 7.89. The minimum Gasteiger partial charge on any atom is -0.329 e. The summed E-state index contributed by atoms with van der Waals surface area (Å²) in [5.41, 5.74) is 2.39. The van der Waals surface area contributed by atoms with Gasteiger partial charge in [-0.05, 0) is 24.0 Å². The van der Waals surface area contributed by atoms with Crippen LogP contribution in [0.15, 0.2) is 35.5 Å². The van der Waals surface area contributed by atoms with Crippen molar-refractivity contribution >= 4 is 10.0 Å². The van der Waals surface area contributed by atoms with Gasteiger partial charge in [-0.25, -0.2) is 18.5 Å². The summed E-state index contributed by atoms with van der Waals surface area (Å²) >= 11 is 0. The lowest BCUT2D eigenvalue weighted by Crippen LogP contribution is -2.12. The molecule has 0 bridgehead atoms. The molecule has 0 radical (unpaired) electrons. The van der Waals surface area contributed by atoms with Gasteiger partial charge in [-0.15, -0.1) is 0 Å². The molecular weight excluding hydrogens is 286 g/mol. The van der Waals surface area contributed by atoms with Crippen molar-refractivity contribution in [3.63, 3.8) is 0 Å². The van der Waals surface area contributed by atoms with E-state index in [2.05, 4.69) is 36.2 Å². The molecular formula is C15H21N3O2S. The van der Waals surface area contributed by atoms with E-state index in [0.29, 0.717) is 6.54 Å². The average molecular weight is 307 g/mol. The van der Waals surface area contributed by atoms with Crippen molar-refractivity contribution in [1.82, 2.24) is 9.55 Å². The lowest BCUT2D eigenvalue weighted by Gasteiger charge is -2.07. The van der Waals surface area contributed by atoms with E-state index in [0.717, 1.165) is 30.7 Å². The number of aryl methyl sites for hydroxylation is 2. The number of nitrogens with zero attached hydrogens (tertiary/aromatic N) is 2. The summed E-state index contributed by atoms with van der Waals surface area (Å²) in [6.45, 7) is 4.75. The second-order valence-corrected chi connectivity index (χ2v) is 6.60. The topological polar surface area (TPSA) is 78.0 Å². The number of hydrogen-bond acceptors (Lipinski definition) is 3. The Kier molecular flexibility index (Phi) is 4.80. The molecule has 2 aromatic rings. The molecule has 2 N–H and O–H groups in total. The fourth-order valence-electron chi connectivity index (χ4n) is 2.20. The summed E-state index contributed by atoms with van der Waals surface area (Å²) in [5, 5.41) is 5.10. The molecule has 1 aromatic carbocycles. The zero-order valence-corrected chi connectivity index (χ0v) is 13.2. The molecule has 0 spiro atoms. The molecule has 0 aliphatic carbocycles. The van der Waals surface area contributed by atoms with E-state index in [4.69, 9.17) is 5.14 Å². The predicted molar refractivity (Wildman–Crippen MR) is 82.5 cm³/mol. The standard InChI is InChI=1S/C15H21N3O2S/c1-3-5-14-17-15(21(16,19)20)11-18(14)10-13-8-6-12(4-2)7-9-13/h6-9,11H,3-5,10H2,1-2H3,(H2,16,19,20). The first-order valence-electron chi connectivity index (χ1n) is 7.10. The molecule has 0 saturated carbocycles. The van der Waals surface area contributed by atoms with Crippen LogP contribution in [0.3, 0.4) is 0 Å². The van der Waals surface area contributed by atoms with E-state index >= 15 is 0 Å². The Morgan fingerprint density at radius 1 is 1.14 bits per heavy atom. The Labute approximate surface area is 125 Å². The molecule has 6 heteroatoms. The number of hydrogen-bond donors (Lipinski definition) is 1. The first-order chi connectivity index (χ1) is 9.94. The van der Waals surface area contributed by atoms with Crippen LogP contribution >= 0.6 is 0 Å². The molecule has 5 nitrogen and oxygen atoms in total. The second-order valence-electron chi connectivity index (χ2n) is 5.09. The first-order valence-corrected chi connectivity index (χ1v) is 8.65. The first kappa shape index (κ1) is 15.7. The van der Waals surface area contributed by atoms with E-state index in [1.54, 1.807) is 0 Å². The van der Waals surface area contributed by atoms with E-state index in [1.165, 1.54) is 11.8 Å². The maximum absolute atomic E-state index is 11.4. The highest BCUT2D eigenvalue weighted by Crippen LogP contribution is 2.13. The molecule has 0 fully saturated rings. The SMILES string of the molecule is CCCc1nc(S(N)(=O)=O)cn1Cc1ccc(CC)cc1. The smallest absolute Gasteiger partial charge is 0.257 e. The monoisotopic (exact) mass is 307 g/mol. The molecule has 0 unspecified atom stereocenters. The van der Waals surface area contributed by atoms with Gasteiger partial charge >= 0.3 is 0 Å². The fourth-order valence-corrected chi connectivity index (χ4v) is 2.71. The van der Waals surface area contributed by atoms with Crippen LogP contribution in [0.2, 0.25) is 0 Å². The lowest BCUT2D eigenvalue weighted by molar-refractivity contribution is 0.594. The van der Waals surface area contributed by atoms with Gasteiger partial charge in [-0.3, -0.25) is 0 Å². The predicted octanol–water partition coefficient (Wildman–Crippen LogP) is 2.09. The third-order valence-electron chi connectivity index (χ3n) is 3.39. The molecule has 0 atom stereocenters. The van der Waals surface area contributed by atoms with Crippen LogP contribution in [0.25, 0.3) is 0 Å². The van der Waals surface area contributed by atoms with E-state index in [1.807, 2.05) is 11.5 Å². The highest BCUT2D eigenvalue weighted by Gasteiger charge is 2.16. The Morgan fingerprint density at radius 2 is 1.76 bits per heavy atom. The van der Waals surface area contributed by atoms with Crippen molar-refractivity contribution in [1.29, 1.82) is 0 Å². The van der Waals surface area contributed by atoms with Crippen molar-refractivity contribution in [2.75, 3.05) is 0 Å². The molecule has 0 aliphatic rings. The van der Waals surface area contributed by atoms with Crippen LogP contribution in [0.5, 0.6) is 0 Å². The van der Waals surface area contributed by atoms with Crippen LogP contribution in [0, 0.1) is 0 Å². The molecule has 0 saturated heterocycles. The maximum Gasteiger partial charge on any atom is 0.257 e. The van der Waals surface area contributed by atoms with Gasteiger partial charge in [0.1, 0.15) is 5.82 Å². The molecule has 0 amide bonds. The summed E-state index contributed by atoms with van der Waals surface area (Å²) in [7, 11) is -3.76. The van der Waals surface area contributed by atoms with Crippen molar-refractivity contribution in [3.8, 4) is 0 Å². The zero-order valence-electron chi connectivity index (χ0n) is 12.4.